The molecule has 0 fully saturated rings. The van der Waals surface area contributed by atoms with E-state index in [1.54, 1.807) is 30.4 Å². The van der Waals surface area contributed by atoms with Crippen LogP contribution in [-0.4, -0.2) is 19.5 Å². The second-order valence-corrected chi connectivity index (χ2v) is 4.04. The number of rotatable bonds is 3. The van der Waals surface area contributed by atoms with Gasteiger partial charge in [-0.2, -0.15) is 8.42 Å². The van der Waals surface area contributed by atoms with Crippen molar-refractivity contribution in [2.75, 3.05) is 6.54 Å². The highest BCUT2D eigenvalue weighted by atomic mass is 32.2. The van der Waals surface area contributed by atoms with Crippen LogP contribution in [0.2, 0.25) is 0 Å². The quantitative estimate of drug-likeness (QED) is 0.731. The van der Waals surface area contributed by atoms with Crippen molar-refractivity contribution in [3.63, 3.8) is 0 Å². The zero-order valence-corrected chi connectivity index (χ0v) is 8.24. The highest BCUT2D eigenvalue weighted by Crippen LogP contribution is 2.15. The van der Waals surface area contributed by atoms with Crippen molar-refractivity contribution in [1.29, 1.82) is 0 Å². The lowest BCUT2D eigenvalue weighted by molar-refractivity contribution is 0.483. The number of hydrogen-bond donors (Lipinski definition) is 2. The maximum atomic E-state index is 10.9. The van der Waals surface area contributed by atoms with Crippen LogP contribution >= 0.6 is 0 Å². The molecule has 0 unspecified atom stereocenters. The van der Waals surface area contributed by atoms with Crippen molar-refractivity contribution in [2.45, 2.75) is 4.90 Å². The predicted octanol–water partition coefficient (Wildman–Crippen LogP) is 0.905. The van der Waals surface area contributed by atoms with Gasteiger partial charge in [-0.25, -0.2) is 0 Å². The lowest BCUT2D eigenvalue weighted by Crippen LogP contribution is -2.00. The molecule has 0 saturated carbocycles. The van der Waals surface area contributed by atoms with Crippen molar-refractivity contribution in [3.05, 3.63) is 35.9 Å². The average Bonchev–Trinajstić information content (AvgIpc) is 2.14. The molecule has 0 aliphatic rings. The van der Waals surface area contributed by atoms with Gasteiger partial charge < -0.3 is 5.73 Å². The van der Waals surface area contributed by atoms with E-state index in [1.165, 1.54) is 6.07 Å². The van der Waals surface area contributed by atoms with Crippen LogP contribution in [0.25, 0.3) is 6.08 Å². The number of hydrogen-bond acceptors (Lipinski definition) is 3. The average molecular weight is 213 g/mol. The summed E-state index contributed by atoms with van der Waals surface area (Å²) < 4.78 is 30.7. The summed E-state index contributed by atoms with van der Waals surface area (Å²) in [5, 5.41) is 0. The highest BCUT2D eigenvalue weighted by Gasteiger charge is 2.11. The first-order valence-corrected chi connectivity index (χ1v) is 5.43. The van der Waals surface area contributed by atoms with E-state index in [2.05, 4.69) is 0 Å². The van der Waals surface area contributed by atoms with Crippen molar-refractivity contribution >= 4 is 16.2 Å². The van der Waals surface area contributed by atoms with Crippen LogP contribution in [0.4, 0.5) is 0 Å². The van der Waals surface area contributed by atoms with Gasteiger partial charge in [-0.3, -0.25) is 4.55 Å². The monoisotopic (exact) mass is 213 g/mol. The Morgan fingerprint density at radius 3 is 2.57 bits per heavy atom. The normalized spacial score (nSPS) is 12.1. The van der Waals surface area contributed by atoms with Gasteiger partial charge in [0.25, 0.3) is 10.1 Å². The second kappa shape index (κ2) is 4.36. The van der Waals surface area contributed by atoms with Crippen molar-refractivity contribution in [1.82, 2.24) is 0 Å². The molecule has 0 aliphatic heterocycles. The molecule has 5 heteroatoms. The fourth-order valence-corrected chi connectivity index (χ4v) is 1.73. The summed E-state index contributed by atoms with van der Waals surface area (Å²) in [5.41, 5.74) is 5.67. The van der Waals surface area contributed by atoms with E-state index in [1.807, 2.05) is 0 Å². The Labute approximate surface area is 82.8 Å². The molecule has 0 amide bonds. The van der Waals surface area contributed by atoms with Gasteiger partial charge in [0.2, 0.25) is 0 Å². The first-order valence-electron chi connectivity index (χ1n) is 3.99. The van der Waals surface area contributed by atoms with Gasteiger partial charge in [0.15, 0.2) is 0 Å². The largest absolute Gasteiger partial charge is 0.327 e. The molecule has 1 rings (SSSR count). The molecule has 0 aliphatic carbocycles. The first kappa shape index (κ1) is 10.9. The number of benzene rings is 1. The van der Waals surface area contributed by atoms with E-state index >= 15 is 0 Å². The first-order chi connectivity index (χ1) is 6.55. The zero-order valence-electron chi connectivity index (χ0n) is 7.42. The molecular formula is C9H11NO3S. The summed E-state index contributed by atoms with van der Waals surface area (Å²) in [6.45, 7) is 0.319. The molecule has 1 aromatic rings. The summed E-state index contributed by atoms with van der Waals surface area (Å²) in [7, 11) is -4.16. The third kappa shape index (κ3) is 2.66. The summed E-state index contributed by atoms with van der Waals surface area (Å²) in [5.74, 6) is 0. The number of nitrogens with two attached hydrogens (primary N) is 1. The van der Waals surface area contributed by atoms with Gasteiger partial charge in [0.1, 0.15) is 4.90 Å². The minimum Gasteiger partial charge on any atom is -0.327 e. The van der Waals surface area contributed by atoms with Gasteiger partial charge in [0.05, 0.1) is 0 Å². The SMILES string of the molecule is NCC=Cc1ccccc1S(=O)(=O)O. The van der Waals surface area contributed by atoms with E-state index in [-0.39, 0.29) is 4.90 Å². The topological polar surface area (TPSA) is 80.4 Å². The molecule has 1 aromatic carbocycles. The molecule has 0 spiro atoms. The van der Waals surface area contributed by atoms with Crippen molar-refractivity contribution < 1.29 is 13.0 Å². The standard InChI is InChI=1S/C9H11NO3S/c10-7-3-5-8-4-1-2-6-9(8)14(11,12)13/h1-6H,7,10H2,(H,11,12,13). The molecule has 0 radical (unpaired) electrons. The van der Waals surface area contributed by atoms with Gasteiger partial charge in [0, 0.05) is 6.54 Å². The van der Waals surface area contributed by atoms with Gasteiger partial charge in [-0.15, -0.1) is 0 Å². The van der Waals surface area contributed by atoms with Gasteiger partial charge >= 0.3 is 0 Å². The molecule has 4 nitrogen and oxygen atoms in total. The molecule has 14 heavy (non-hydrogen) atoms. The highest BCUT2D eigenvalue weighted by molar-refractivity contribution is 7.85. The van der Waals surface area contributed by atoms with E-state index in [0.717, 1.165) is 0 Å². The summed E-state index contributed by atoms with van der Waals surface area (Å²) in [4.78, 5) is -0.107. The minimum atomic E-state index is -4.16. The summed E-state index contributed by atoms with van der Waals surface area (Å²) >= 11 is 0. The molecule has 76 valence electrons. The van der Waals surface area contributed by atoms with Crippen LogP contribution in [0, 0.1) is 0 Å². The summed E-state index contributed by atoms with van der Waals surface area (Å²) in [6, 6.07) is 6.16. The molecule has 0 saturated heterocycles. The van der Waals surface area contributed by atoms with Crippen LogP contribution in [0.15, 0.2) is 35.2 Å². The third-order valence-corrected chi connectivity index (χ3v) is 2.56. The molecule has 0 heterocycles. The Morgan fingerprint density at radius 2 is 2.00 bits per heavy atom. The van der Waals surface area contributed by atoms with Crippen LogP contribution < -0.4 is 5.73 Å². The van der Waals surface area contributed by atoms with E-state index in [9.17, 15) is 8.42 Å². The molecule has 0 aromatic heterocycles. The lowest BCUT2D eigenvalue weighted by Gasteiger charge is -2.01. The van der Waals surface area contributed by atoms with E-state index in [4.69, 9.17) is 10.3 Å². The Hall–Kier alpha value is -1.17. The maximum absolute atomic E-state index is 10.9. The smallest absolute Gasteiger partial charge is 0.295 e. The van der Waals surface area contributed by atoms with Crippen LogP contribution in [0.3, 0.4) is 0 Å². The Bertz CT molecular complexity index is 437. The van der Waals surface area contributed by atoms with Gasteiger partial charge in [-0.05, 0) is 11.6 Å². The van der Waals surface area contributed by atoms with Crippen LogP contribution in [0.5, 0.6) is 0 Å². The predicted molar refractivity (Wildman–Crippen MR) is 54.3 cm³/mol. The molecule has 0 atom stereocenters. The Balaban J connectivity index is 3.24. The third-order valence-electron chi connectivity index (χ3n) is 1.63. The summed E-state index contributed by atoms with van der Waals surface area (Å²) in [6.07, 6.45) is 3.17. The Morgan fingerprint density at radius 1 is 1.36 bits per heavy atom. The Kier molecular flexibility index (Phi) is 3.40. The lowest BCUT2D eigenvalue weighted by atomic mass is 10.2. The molecular weight excluding hydrogens is 202 g/mol. The van der Waals surface area contributed by atoms with Crippen LogP contribution in [-0.2, 0) is 10.1 Å². The van der Waals surface area contributed by atoms with Crippen molar-refractivity contribution in [2.24, 2.45) is 5.73 Å². The van der Waals surface area contributed by atoms with Gasteiger partial charge in [-0.1, -0.05) is 30.4 Å². The molecule has 3 N–H and O–H groups in total. The van der Waals surface area contributed by atoms with E-state index < -0.39 is 10.1 Å². The molecule has 0 bridgehead atoms. The van der Waals surface area contributed by atoms with Crippen molar-refractivity contribution in [3.8, 4) is 0 Å². The van der Waals surface area contributed by atoms with E-state index in [0.29, 0.717) is 12.1 Å². The van der Waals surface area contributed by atoms with Crippen LogP contribution in [0.1, 0.15) is 5.56 Å². The fourth-order valence-electron chi connectivity index (χ4n) is 1.05. The fraction of sp³-hybridized carbons (Fsp3) is 0.111. The minimum absolute atomic E-state index is 0.107. The second-order valence-electron chi connectivity index (χ2n) is 2.65. The maximum Gasteiger partial charge on any atom is 0.295 e. The zero-order chi connectivity index (χ0) is 10.6.